The summed E-state index contributed by atoms with van der Waals surface area (Å²) in [5.41, 5.74) is 0.740. The summed E-state index contributed by atoms with van der Waals surface area (Å²) < 4.78 is 66.6. The Hall–Kier alpha value is -3.97. The van der Waals surface area contributed by atoms with E-state index < -0.39 is 27.6 Å². The van der Waals surface area contributed by atoms with Crippen LogP contribution in [0, 0.1) is 0 Å². The summed E-state index contributed by atoms with van der Waals surface area (Å²) in [4.78, 5) is 12.4. The maximum atomic E-state index is 12.5. The lowest BCUT2D eigenvalue weighted by atomic mass is 10.2. The van der Waals surface area contributed by atoms with E-state index in [0.717, 1.165) is 12.1 Å². The standard InChI is InChI=1S/C20H14F3N5O4S/c21-20(22,23)32-15-5-1-13(2-6-15)27-12-10-18(29)19(26-27)17-9-11-25-28(17)14-3-7-16(8-4-14)33(24,30)31/h1-12H,(H2,24,30,31). The molecule has 13 heteroatoms. The zero-order valence-electron chi connectivity index (χ0n) is 16.5. The van der Waals surface area contributed by atoms with E-state index >= 15 is 0 Å². The van der Waals surface area contributed by atoms with E-state index in [1.54, 1.807) is 6.07 Å². The Labute approximate surface area is 184 Å². The zero-order valence-corrected chi connectivity index (χ0v) is 17.3. The SMILES string of the molecule is NS(=O)(=O)c1ccc(-n2nccc2-c2nn(-c3ccc(OC(F)(F)F)cc3)ccc2=O)cc1. The maximum absolute atomic E-state index is 12.5. The van der Waals surface area contributed by atoms with Gasteiger partial charge in [0.2, 0.25) is 15.5 Å². The second-order valence-electron chi connectivity index (χ2n) is 6.68. The van der Waals surface area contributed by atoms with Crippen molar-refractivity contribution in [3.05, 3.63) is 83.3 Å². The van der Waals surface area contributed by atoms with E-state index in [-0.39, 0.29) is 10.6 Å². The van der Waals surface area contributed by atoms with Gasteiger partial charge in [-0.1, -0.05) is 0 Å². The Balaban J connectivity index is 1.70. The highest BCUT2D eigenvalue weighted by Gasteiger charge is 2.31. The molecule has 2 aromatic heterocycles. The van der Waals surface area contributed by atoms with Gasteiger partial charge in [0.25, 0.3) is 0 Å². The van der Waals surface area contributed by atoms with E-state index in [4.69, 9.17) is 5.14 Å². The van der Waals surface area contributed by atoms with E-state index in [0.29, 0.717) is 17.1 Å². The predicted molar refractivity (Wildman–Crippen MR) is 110 cm³/mol. The quantitative estimate of drug-likeness (QED) is 0.472. The molecular formula is C20H14F3N5O4S. The van der Waals surface area contributed by atoms with Crippen LogP contribution in [0.5, 0.6) is 5.75 Å². The Morgan fingerprint density at radius 3 is 2.15 bits per heavy atom. The van der Waals surface area contributed by atoms with Crippen LogP contribution in [0.1, 0.15) is 0 Å². The van der Waals surface area contributed by atoms with Gasteiger partial charge in [-0.3, -0.25) is 4.79 Å². The molecule has 0 aliphatic rings. The van der Waals surface area contributed by atoms with Crippen molar-refractivity contribution in [3.8, 4) is 28.5 Å². The third-order valence-electron chi connectivity index (χ3n) is 4.44. The van der Waals surface area contributed by atoms with E-state index in [1.807, 2.05) is 0 Å². The number of aromatic nitrogens is 4. The second-order valence-corrected chi connectivity index (χ2v) is 8.24. The number of primary sulfonamides is 1. The zero-order chi connectivity index (χ0) is 23.8. The van der Waals surface area contributed by atoms with Gasteiger partial charge in [0, 0.05) is 12.3 Å². The van der Waals surface area contributed by atoms with Crippen LogP contribution >= 0.6 is 0 Å². The number of ether oxygens (including phenoxy) is 1. The van der Waals surface area contributed by atoms with E-state index in [9.17, 15) is 26.4 Å². The number of halogens is 3. The summed E-state index contributed by atoms with van der Waals surface area (Å²) >= 11 is 0. The number of benzene rings is 2. The van der Waals surface area contributed by atoms with E-state index in [1.165, 1.54) is 64.2 Å². The molecule has 0 aliphatic heterocycles. The normalized spacial score (nSPS) is 12.0. The topological polar surface area (TPSA) is 122 Å². The summed E-state index contributed by atoms with van der Waals surface area (Å²) in [5.74, 6) is -0.395. The Morgan fingerprint density at radius 1 is 0.909 bits per heavy atom. The van der Waals surface area contributed by atoms with Gasteiger partial charge in [0.1, 0.15) is 5.75 Å². The molecule has 4 aromatic rings. The van der Waals surface area contributed by atoms with Crippen LogP contribution in [0.3, 0.4) is 0 Å². The van der Waals surface area contributed by atoms with Gasteiger partial charge < -0.3 is 4.74 Å². The summed E-state index contributed by atoms with van der Waals surface area (Å²) in [6, 6.07) is 13.3. The number of hydrogen-bond acceptors (Lipinski definition) is 6. The lowest BCUT2D eigenvalue weighted by Crippen LogP contribution is -2.17. The fraction of sp³-hybridized carbons (Fsp3) is 0.0500. The molecule has 0 saturated heterocycles. The molecule has 2 heterocycles. The van der Waals surface area contributed by atoms with Crippen LogP contribution in [-0.4, -0.2) is 34.3 Å². The molecule has 0 amide bonds. The third-order valence-corrected chi connectivity index (χ3v) is 5.37. The second kappa shape index (κ2) is 8.18. The lowest BCUT2D eigenvalue weighted by molar-refractivity contribution is -0.274. The van der Waals surface area contributed by atoms with Crippen molar-refractivity contribution in [1.29, 1.82) is 0 Å². The number of sulfonamides is 1. The largest absolute Gasteiger partial charge is 0.573 e. The van der Waals surface area contributed by atoms with E-state index in [2.05, 4.69) is 14.9 Å². The first-order valence-electron chi connectivity index (χ1n) is 9.15. The Morgan fingerprint density at radius 2 is 1.55 bits per heavy atom. The Kier molecular flexibility index (Phi) is 5.51. The van der Waals surface area contributed by atoms with Crippen LogP contribution in [0.2, 0.25) is 0 Å². The molecule has 4 rings (SSSR count). The first kappa shape index (κ1) is 22.2. The Bertz CT molecular complexity index is 1460. The number of nitrogens with zero attached hydrogens (tertiary/aromatic N) is 4. The van der Waals surface area contributed by atoms with Crippen molar-refractivity contribution in [1.82, 2.24) is 19.6 Å². The molecule has 0 unspecified atom stereocenters. The number of nitrogens with two attached hydrogens (primary N) is 1. The highest BCUT2D eigenvalue weighted by Crippen LogP contribution is 2.24. The monoisotopic (exact) mass is 477 g/mol. The minimum Gasteiger partial charge on any atom is -0.406 e. The average molecular weight is 477 g/mol. The summed E-state index contributed by atoms with van der Waals surface area (Å²) in [7, 11) is -3.87. The molecule has 0 bridgehead atoms. The highest BCUT2D eigenvalue weighted by molar-refractivity contribution is 7.89. The highest BCUT2D eigenvalue weighted by atomic mass is 32.2. The van der Waals surface area contributed by atoms with Crippen molar-refractivity contribution < 1.29 is 26.3 Å². The maximum Gasteiger partial charge on any atom is 0.573 e. The fourth-order valence-electron chi connectivity index (χ4n) is 2.99. The fourth-order valence-corrected chi connectivity index (χ4v) is 3.51. The van der Waals surface area contributed by atoms with Gasteiger partial charge in [0.05, 0.1) is 28.2 Å². The number of rotatable bonds is 5. The molecule has 0 saturated carbocycles. The van der Waals surface area contributed by atoms with Crippen molar-refractivity contribution in [2.24, 2.45) is 5.14 Å². The first-order valence-corrected chi connectivity index (χ1v) is 10.7. The van der Waals surface area contributed by atoms with Crippen LogP contribution < -0.4 is 15.3 Å². The molecule has 33 heavy (non-hydrogen) atoms. The average Bonchev–Trinajstić information content (AvgIpc) is 3.23. The molecule has 170 valence electrons. The first-order chi connectivity index (χ1) is 15.5. The molecular weight excluding hydrogens is 463 g/mol. The van der Waals surface area contributed by atoms with Crippen molar-refractivity contribution in [2.45, 2.75) is 11.3 Å². The predicted octanol–water partition coefficient (Wildman–Crippen LogP) is 2.63. The van der Waals surface area contributed by atoms with Gasteiger partial charge in [-0.15, -0.1) is 13.2 Å². The summed E-state index contributed by atoms with van der Waals surface area (Å²) in [6.07, 6.45) is -2.01. The molecule has 0 radical (unpaired) electrons. The van der Waals surface area contributed by atoms with Crippen molar-refractivity contribution >= 4 is 10.0 Å². The number of alkyl halides is 3. The van der Waals surface area contributed by atoms with Gasteiger partial charge in [-0.25, -0.2) is 22.9 Å². The molecule has 0 aliphatic carbocycles. The molecule has 2 N–H and O–H groups in total. The lowest BCUT2D eigenvalue weighted by Gasteiger charge is -2.11. The molecule has 0 spiro atoms. The third kappa shape index (κ3) is 4.94. The van der Waals surface area contributed by atoms with Gasteiger partial charge in [0.15, 0.2) is 5.69 Å². The van der Waals surface area contributed by atoms with Gasteiger partial charge in [-0.05, 0) is 54.6 Å². The van der Waals surface area contributed by atoms with Gasteiger partial charge in [-0.2, -0.15) is 10.2 Å². The molecule has 0 fully saturated rings. The minimum atomic E-state index is -4.81. The summed E-state index contributed by atoms with van der Waals surface area (Å²) in [6.45, 7) is 0. The van der Waals surface area contributed by atoms with Crippen LogP contribution in [0.4, 0.5) is 13.2 Å². The molecule has 2 aromatic carbocycles. The number of hydrogen-bond donors (Lipinski definition) is 1. The summed E-state index contributed by atoms with van der Waals surface area (Å²) in [5, 5.41) is 13.6. The van der Waals surface area contributed by atoms with Crippen LogP contribution in [0.15, 0.2) is 82.7 Å². The molecule has 9 nitrogen and oxygen atoms in total. The smallest absolute Gasteiger partial charge is 0.406 e. The molecule has 0 atom stereocenters. The van der Waals surface area contributed by atoms with Crippen LogP contribution in [0.25, 0.3) is 22.8 Å². The van der Waals surface area contributed by atoms with Crippen molar-refractivity contribution in [3.63, 3.8) is 0 Å². The van der Waals surface area contributed by atoms with Gasteiger partial charge >= 0.3 is 6.36 Å². The minimum absolute atomic E-state index is 0.0149. The van der Waals surface area contributed by atoms with Crippen LogP contribution in [-0.2, 0) is 10.0 Å². The van der Waals surface area contributed by atoms with Crippen molar-refractivity contribution in [2.75, 3.05) is 0 Å².